The zero-order chi connectivity index (χ0) is 24.1. The summed E-state index contributed by atoms with van der Waals surface area (Å²) in [6.45, 7) is 2.53. The molecule has 3 aliphatic heterocycles. The minimum Gasteiger partial charge on any atom is -0.491 e. The molecule has 3 heterocycles. The molecule has 0 radical (unpaired) electrons. The van der Waals surface area contributed by atoms with Crippen molar-refractivity contribution in [2.45, 2.75) is 95.0 Å². The molecule has 5 heteroatoms. The van der Waals surface area contributed by atoms with Gasteiger partial charge in [-0.2, -0.15) is 0 Å². The van der Waals surface area contributed by atoms with Crippen molar-refractivity contribution in [2.24, 2.45) is 5.41 Å². The van der Waals surface area contributed by atoms with Gasteiger partial charge in [0.05, 0.1) is 6.10 Å². The monoisotopic (exact) mass is 486 g/mol. The Hall–Kier alpha value is -2.37. The third-order valence-corrected chi connectivity index (χ3v) is 9.66. The first kappa shape index (κ1) is 22.8. The molecule has 1 spiro atoms. The maximum absolute atomic E-state index is 12.9. The highest BCUT2D eigenvalue weighted by atomic mass is 16.5. The van der Waals surface area contributed by atoms with Gasteiger partial charge in [0.1, 0.15) is 12.4 Å². The van der Waals surface area contributed by atoms with Crippen LogP contribution in [0.2, 0.25) is 0 Å². The number of amides is 1. The molecule has 2 unspecified atom stereocenters. The Morgan fingerprint density at radius 2 is 1.94 bits per heavy atom. The van der Waals surface area contributed by atoms with Crippen LogP contribution in [0.1, 0.15) is 78.4 Å². The van der Waals surface area contributed by atoms with E-state index in [9.17, 15) is 4.79 Å². The zero-order valence-corrected chi connectivity index (χ0v) is 21.2. The van der Waals surface area contributed by atoms with E-state index in [1.807, 2.05) is 24.3 Å². The van der Waals surface area contributed by atoms with Crippen LogP contribution >= 0.6 is 0 Å². The van der Waals surface area contributed by atoms with Crippen LogP contribution in [-0.4, -0.2) is 48.3 Å². The van der Waals surface area contributed by atoms with Crippen molar-refractivity contribution in [3.63, 3.8) is 0 Å². The molecule has 2 aromatic rings. The first-order valence-electron chi connectivity index (χ1n) is 14.2. The number of hydrogen-bond donors (Lipinski definition) is 1. The van der Waals surface area contributed by atoms with E-state index in [2.05, 4.69) is 28.4 Å². The molecule has 1 amide bonds. The quantitative estimate of drug-likeness (QED) is 0.595. The largest absolute Gasteiger partial charge is 0.491 e. The number of carbonyl (C=O) groups excluding carboxylic acids is 1. The van der Waals surface area contributed by atoms with Crippen molar-refractivity contribution in [2.75, 3.05) is 13.2 Å². The molecule has 3 saturated heterocycles. The molecular formula is C31H38N2O3. The fraction of sp³-hybridized carbons (Fsp3) is 0.581. The molecule has 5 aliphatic rings. The molecule has 190 valence electrons. The molecule has 0 aromatic heterocycles. The van der Waals surface area contributed by atoms with Crippen LogP contribution in [0.3, 0.4) is 0 Å². The normalized spacial score (nSPS) is 29.9. The number of nitrogens with zero attached hydrogens (tertiary/aromatic N) is 1. The van der Waals surface area contributed by atoms with Gasteiger partial charge in [0, 0.05) is 36.8 Å². The van der Waals surface area contributed by atoms with Gasteiger partial charge >= 0.3 is 0 Å². The fourth-order valence-corrected chi connectivity index (χ4v) is 7.53. The van der Waals surface area contributed by atoms with Crippen LogP contribution in [0.15, 0.2) is 42.5 Å². The Labute approximate surface area is 214 Å². The highest BCUT2D eigenvalue weighted by Crippen LogP contribution is 2.64. The van der Waals surface area contributed by atoms with Crippen LogP contribution in [0.4, 0.5) is 0 Å². The fourth-order valence-electron chi connectivity index (χ4n) is 7.53. The van der Waals surface area contributed by atoms with E-state index in [0.717, 1.165) is 63.1 Å². The first-order valence-corrected chi connectivity index (χ1v) is 14.2. The number of ether oxygens (including phenoxy) is 2. The summed E-state index contributed by atoms with van der Waals surface area (Å²) in [4.78, 5) is 15.7. The summed E-state index contributed by atoms with van der Waals surface area (Å²) >= 11 is 0. The second-order valence-electron chi connectivity index (χ2n) is 12.0. The third-order valence-electron chi connectivity index (χ3n) is 9.66. The van der Waals surface area contributed by atoms with Gasteiger partial charge in [-0.25, -0.2) is 0 Å². The van der Waals surface area contributed by atoms with Crippen LogP contribution in [0.25, 0.3) is 0 Å². The van der Waals surface area contributed by atoms with Crippen LogP contribution in [0, 0.1) is 5.41 Å². The maximum atomic E-state index is 12.9. The SMILES string of the molecule is O=C(N[C@H]1CCc2cc(CN3C4CCC3C3(CC3)C4)ccc2C1)c1ccc(OC[C@@H]2CCCO2)cc1. The summed E-state index contributed by atoms with van der Waals surface area (Å²) in [5.41, 5.74) is 5.76. The molecule has 5 nitrogen and oxygen atoms in total. The predicted octanol–water partition coefficient (Wildman–Crippen LogP) is 5.05. The van der Waals surface area contributed by atoms with Crippen molar-refractivity contribution >= 4 is 5.91 Å². The molecular weight excluding hydrogens is 448 g/mol. The number of hydrogen-bond acceptors (Lipinski definition) is 4. The Balaban J connectivity index is 0.931. The molecule has 2 aliphatic carbocycles. The smallest absolute Gasteiger partial charge is 0.251 e. The number of aryl methyl sites for hydroxylation is 1. The van der Waals surface area contributed by atoms with Gasteiger partial charge in [0.2, 0.25) is 0 Å². The molecule has 7 rings (SSSR count). The van der Waals surface area contributed by atoms with Crippen LogP contribution in [0.5, 0.6) is 5.75 Å². The van der Waals surface area contributed by atoms with E-state index in [0.29, 0.717) is 17.6 Å². The lowest BCUT2D eigenvalue weighted by Crippen LogP contribution is -2.38. The van der Waals surface area contributed by atoms with E-state index < -0.39 is 0 Å². The molecule has 1 saturated carbocycles. The van der Waals surface area contributed by atoms with Crippen molar-refractivity contribution < 1.29 is 14.3 Å². The summed E-state index contributed by atoms with van der Waals surface area (Å²) < 4.78 is 11.4. The number of carbonyl (C=O) groups is 1. The second kappa shape index (κ2) is 9.18. The average molecular weight is 487 g/mol. The zero-order valence-electron chi connectivity index (χ0n) is 21.2. The standard InChI is InChI=1S/C31H38N2O3/c34-30(22-6-10-27(11-7-22)36-20-28-2-1-15-35-28)32-25-8-5-23-16-21(3-4-24(23)17-25)19-33-26-9-12-29(33)31(18-26)13-14-31/h3-4,6-7,10-11,16,25-26,28-29H,1-2,5,8-9,12-15,17-20H2,(H,32,34)/t25-,26?,28-,29?/m0/s1. The van der Waals surface area contributed by atoms with Gasteiger partial charge < -0.3 is 14.8 Å². The summed E-state index contributed by atoms with van der Waals surface area (Å²) in [5, 5.41) is 3.27. The van der Waals surface area contributed by atoms with E-state index in [1.54, 1.807) is 0 Å². The van der Waals surface area contributed by atoms with E-state index in [1.165, 1.54) is 48.8 Å². The topological polar surface area (TPSA) is 50.8 Å². The van der Waals surface area contributed by atoms with Gasteiger partial charge in [-0.05, 0) is 111 Å². The maximum Gasteiger partial charge on any atom is 0.251 e. The average Bonchev–Trinajstić information content (AvgIpc) is 3.22. The van der Waals surface area contributed by atoms with Crippen molar-refractivity contribution in [3.05, 3.63) is 64.7 Å². The van der Waals surface area contributed by atoms with E-state index in [-0.39, 0.29) is 18.1 Å². The summed E-state index contributed by atoms with van der Waals surface area (Å²) in [5.74, 6) is 0.794. The lowest BCUT2D eigenvalue weighted by Gasteiger charge is -2.28. The molecule has 4 atom stereocenters. The third kappa shape index (κ3) is 4.35. The van der Waals surface area contributed by atoms with E-state index in [4.69, 9.17) is 9.47 Å². The van der Waals surface area contributed by atoms with Gasteiger partial charge in [-0.3, -0.25) is 9.69 Å². The van der Waals surface area contributed by atoms with Crippen molar-refractivity contribution in [1.29, 1.82) is 0 Å². The van der Waals surface area contributed by atoms with Crippen molar-refractivity contribution in [3.8, 4) is 5.75 Å². The van der Waals surface area contributed by atoms with Gasteiger partial charge in [-0.1, -0.05) is 18.2 Å². The van der Waals surface area contributed by atoms with Crippen molar-refractivity contribution in [1.82, 2.24) is 10.2 Å². The minimum atomic E-state index is 0.00394. The Bertz CT molecular complexity index is 1120. The van der Waals surface area contributed by atoms with Gasteiger partial charge in [0.15, 0.2) is 0 Å². The van der Waals surface area contributed by atoms with E-state index >= 15 is 0 Å². The first-order chi connectivity index (χ1) is 17.6. The van der Waals surface area contributed by atoms with Gasteiger partial charge in [-0.15, -0.1) is 0 Å². The highest BCUT2D eigenvalue weighted by Gasteiger charge is 2.61. The van der Waals surface area contributed by atoms with Gasteiger partial charge in [0.25, 0.3) is 5.91 Å². The number of rotatable bonds is 7. The Morgan fingerprint density at radius 1 is 1.06 bits per heavy atom. The molecule has 1 N–H and O–H groups in total. The summed E-state index contributed by atoms with van der Waals surface area (Å²) in [6, 6.07) is 16.5. The Kier molecular flexibility index (Phi) is 5.81. The summed E-state index contributed by atoms with van der Waals surface area (Å²) in [7, 11) is 0. The molecule has 36 heavy (non-hydrogen) atoms. The number of fused-ring (bicyclic) bond motifs is 4. The number of benzene rings is 2. The molecule has 4 fully saturated rings. The Morgan fingerprint density at radius 3 is 2.72 bits per heavy atom. The lowest BCUT2D eigenvalue weighted by molar-refractivity contribution is 0.0679. The minimum absolute atomic E-state index is 0.00394. The molecule has 2 aromatic carbocycles. The second-order valence-corrected chi connectivity index (χ2v) is 12.0. The van der Waals surface area contributed by atoms with Crippen LogP contribution < -0.4 is 10.1 Å². The lowest BCUT2D eigenvalue weighted by atomic mass is 9.86. The molecule has 2 bridgehead atoms. The summed E-state index contributed by atoms with van der Waals surface area (Å²) in [6.07, 6.45) is 12.5. The highest BCUT2D eigenvalue weighted by molar-refractivity contribution is 5.94. The predicted molar refractivity (Wildman–Crippen MR) is 139 cm³/mol. The number of nitrogens with one attached hydrogen (secondary N) is 1. The van der Waals surface area contributed by atoms with Crippen LogP contribution in [-0.2, 0) is 24.1 Å².